The highest BCUT2D eigenvalue weighted by atomic mass is 15.4. The number of piperazine rings is 1. The van der Waals surface area contributed by atoms with Crippen molar-refractivity contribution >= 4 is 5.82 Å². The highest BCUT2D eigenvalue weighted by Gasteiger charge is 2.19. The number of nitrogen functional groups attached to an aromatic ring is 1. The summed E-state index contributed by atoms with van der Waals surface area (Å²) in [7, 11) is 2.18. The van der Waals surface area contributed by atoms with E-state index in [-0.39, 0.29) is 6.04 Å². The van der Waals surface area contributed by atoms with Gasteiger partial charge in [-0.25, -0.2) is 4.68 Å². The van der Waals surface area contributed by atoms with E-state index in [1.54, 1.807) is 0 Å². The van der Waals surface area contributed by atoms with Crippen LogP contribution in [0, 0.1) is 0 Å². The molecule has 1 aromatic carbocycles. The summed E-state index contributed by atoms with van der Waals surface area (Å²) in [6.07, 6.45) is 2.83. The van der Waals surface area contributed by atoms with Gasteiger partial charge >= 0.3 is 0 Å². The molecule has 0 radical (unpaired) electrons. The SMILES string of the molecule is CN1CCN(CCC(c2ccccc2)n2cc(N)nn2)CC1. The molecular formula is C16H24N6. The molecular weight excluding hydrogens is 276 g/mol. The number of hydrogen-bond donors (Lipinski definition) is 1. The van der Waals surface area contributed by atoms with E-state index in [0.29, 0.717) is 5.82 Å². The van der Waals surface area contributed by atoms with Gasteiger partial charge in [-0.15, -0.1) is 5.10 Å². The fraction of sp³-hybridized carbons (Fsp3) is 0.500. The molecule has 2 N–H and O–H groups in total. The summed E-state index contributed by atoms with van der Waals surface area (Å²) in [5, 5.41) is 8.12. The summed E-state index contributed by atoms with van der Waals surface area (Å²) in [5.41, 5.74) is 6.99. The third-order valence-electron chi connectivity index (χ3n) is 4.35. The van der Waals surface area contributed by atoms with Crippen LogP contribution in [-0.4, -0.2) is 64.6 Å². The van der Waals surface area contributed by atoms with Crippen LogP contribution < -0.4 is 5.73 Å². The van der Waals surface area contributed by atoms with E-state index < -0.39 is 0 Å². The van der Waals surface area contributed by atoms with Gasteiger partial charge in [-0.3, -0.25) is 0 Å². The number of nitrogens with zero attached hydrogens (tertiary/aromatic N) is 5. The van der Waals surface area contributed by atoms with E-state index in [0.717, 1.165) is 39.1 Å². The van der Waals surface area contributed by atoms with Gasteiger partial charge in [0.1, 0.15) is 0 Å². The number of hydrogen-bond acceptors (Lipinski definition) is 5. The quantitative estimate of drug-likeness (QED) is 0.895. The Labute approximate surface area is 131 Å². The maximum atomic E-state index is 5.74. The van der Waals surface area contributed by atoms with Crippen molar-refractivity contribution in [3.05, 3.63) is 42.1 Å². The second-order valence-corrected chi connectivity index (χ2v) is 5.98. The Morgan fingerprint density at radius 2 is 1.86 bits per heavy atom. The Balaban J connectivity index is 1.69. The first-order valence-corrected chi connectivity index (χ1v) is 7.85. The van der Waals surface area contributed by atoms with Crippen molar-refractivity contribution in [3.8, 4) is 0 Å². The minimum atomic E-state index is 0.186. The van der Waals surface area contributed by atoms with Crippen LogP contribution in [0.25, 0.3) is 0 Å². The molecule has 118 valence electrons. The monoisotopic (exact) mass is 300 g/mol. The van der Waals surface area contributed by atoms with Crippen LogP contribution in [-0.2, 0) is 0 Å². The fourth-order valence-electron chi connectivity index (χ4n) is 2.95. The molecule has 2 aromatic rings. The van der Waals surface area contributed by atoms with Crippen LogP contribution in [0.3, 0.4) is 0 Å². The summed E-state index contributed by atoms with van der Waals surface area (Å²) in [6.45, 7) is 5.63. The first-order valence-electron chi connectivity index (χ1n) is 7.85. The summed E-state index contributed by atoms with van der Waals surface area (Å²) < 4.78 is 1.89. The molecule has 1 atom stereocenters. The predicted molar refractivity (Wildman–Crippen MR) is 87.6 cm³/mol. The maximum absolute atomic E-state index is 5.74. The molecule has 1 saturated heterocycles. The number of aromatic nitrogens is 3. The van der Waals surface area contributed by atoms with Crippen molar-refractivity contribution in [2.45, 2.75) is 12.5 Å². The Morgan fingerprint density at radius 3 is 2.50 bits per heavy atom. The summed E-state index contributed by atoms with van der Waals surface area (Å²) in [5.74, 6) is 0.473. The molecule has 6 nitrogen and oxygen atoms in total. The molecule has 0 bridgehead atoms. The normalized spacial score (nSPS) is 18.4. The van der Waals surface area contributed by atoms with Gasteiger partial charge < -0.3 is 15.5 Å². The van der Waals surface area contributed by atoms with Gasteiger partial charge in [0.2, 0.25) is 0 Å². The first kappa shape index (κ1) is 15.0. The molecule has 0 spiro atoms. The van der Waals surface area contributed by atoms with Crippen LogP contribution in [0.4, 0.5) is 5.82 Å². The second kappa shape index (κ2) is 6.89. The van der Waals surface area contributed by atoms with Gasteiger partial charge in [0.15, 0.2) is 5.82 Å². The molecule has 2 heterocycles. The zero-order chi connectivity index (χ0) is 15.4. The van der Waals surface area contributed by atoms with Gasteiger partial charge in [-0.2, -0.15) is 0 Å². The Hall–Kier alpha value is -1.92. The second-order valence-electron chi connectivity index (χ2n) is 5.98. The van der Waals surface area contributed by atoms with E-state index in [1.165, 1.54) is 5.56 Å². The average molecular weight is 300 g/mol. The van der Waals surface area contributed by atoms with Gasteiger partial charge in [-0.1, -0.05) is 35.5 Å². The molecule has 1 aliphatic heterocycles. The van der Waals surface area contributed by atoms with E-state index in [1.807, 2.05) is 16.9 Å². The van der Waals surface area contributed by atoms with Crippen molar-refractivity contribution in [3.63, 3.8) is 0 Å². The Kier molecular flexibility index (Phi) is 4.70. The minimum absolute atomic E-state index is 0.186. The number of nitrogens with two attached hydrogens (primary N) is 1. The van der Waals surface area contributed by atoms with E-state index in [2.05, 4.69) is 51.4 Å². The fourth-order valence-corrected chi connectivity index (χ4v) is 2.95. The maximum Gasteiger partial charge on any atom is 0.165 e. The first-order chi connectivity index (χ1) is 10.7. The van der Waals surface area contributed by atoms with E-state index in [4.69, 9.17) is 5.73 Å². The van der Waals surface area contributed by atoms with Crippen molar-refractivity contribution in [1.29, 1.82) is 0 Å². The lowest BCUT2D eigenvalue weighted by molar-refractivity contribution is 0.148. The third kappa shape index (κ3) is 3.64. The van der Waals surface area contributed by atoms with Crippen molar-refractivity contribution in [2.24, 2.45) is 0 Å². The largest absolute Gasteiger partial charge is 0.381 e. The molecule has 0 amide bonds. The Morgan fingerprint density at radius 1 is 1.14 bits per heavy atom. The molecule has 0 aliphatic carbocycles. The molecule has 6 heteroatoms. The highest BCUT2D eigenvalue weighted by molar-refractivity contribution is 5.24. The third-order valence-corrected chi connectivity index (χ3v) is 4.35. The molecule has 22 heavy (non-hydrogen) atoms. The zero-order valence-electron chi connectivity index (χ0n) is 13.1. The van der Waals surface area contributed by atoms with Crippen LogP contribution >= 0.6 is 0 Å². The van der Waals surface area contributed by atoms with Gasteiger partial charge in [0.05, 0.1) is 12.2 Å². The van der Waals surface area contributed by atoms with E-state index >= 15 is 0 Å². The van der Waals surface area contributed by atoms with E-state index in [9.17, 15) is 0 Å². The topological polar surface area (TPSA) is 63.2 Å². The van der Waals surface area contributed by atoms with Gasteiger partial charge in [0, 0.05) is 32.7 Å². The summed E-state index contributed by atoms with van der Waals surface area (Å²) in [6, 6.07) is 10.7. The van der Waals surface area contributed by atoms with Crippen LogP contribution in [0.5, 0.6) is 0 Å². The lowest BCUT2D eigenvalue weighted by Crippen LogP contribution is -2.45. The zero-order valence-corrected chi connectivity index (χ0v) is 13.1. The number of rotatable bonds is 5. The summed E-state index contributed by atoms with van der Waals surface area (Å²) >= 11 is 0. The molecule has 1 aromatic heterocycles. The van der Waals surface area contributed by atoms with Gasteiger partial charge in [-0.05, 0) is 19.0 Å². The minimum Gasteiger partial charge on any atom is -0.381 e. The number of anilines is 1. The lowest BCUT2D eigenvalue weighted by atomic mass is 10.0. The molecule has 3 rings (SSSR count). The highest BCUT2D eigenvalue weighted by Crippen LogP contribution is 2.22. The smallest absolute Gasteiger partial charge is 0.165 e. The van der Waals surface area contributed by atoms with Crippen molar-refractivity contribution in [1.82, 2.24) is 24.8 Å². The average Bonchev–Trinajstić information content (AvgIpc) is 2.97. The van der Waals surface area contributed by atoms with Crippen molar-refractivity contribution in [2.75, 3.05) is 45.5 Å². The van der Waals surface area contributed by atoms with Gasteiger partial charge in [0.25, 0.3) is 0 Å². The predicted octanol–water partition coefficient (Wildman–Crippen LogP) is 1.09. The number of benzene rings is 1. The molecule has 0 saturated carbocycles. The molecule has 1 aliphatic rings. The van der Waals surface area contributed by atoms with Crippen molar-refractivity contribution < 1.29 is 0 Å². The van der Waals surface area contributed by atoms with Crippen LogP contribution in [0.1, 0.15) is 18.0 Å². The summed E-state index contributed by atoms with van der Waals surface area (Å²) in [4.78, 5) is 4.90. The molecule has 1 fully saturated rings. The lowest BCUT2D eigenvalue weighted by Gasteiger charge is -2.33. The molecule has 1 unspecified atom stereocenters. The Bertz CT molecular complexity index is 573. The number of likely N-dealkylation sites (N-methyl/N-ethyl adjacent to an activating group) is 1. The standard InChI is InChI=1S/C16H24N6/c1-20-9-11-21(12-10-20)8-7-15(14-5-3-2-4-6-14)22-13-16(17)18-19-22/h2-6,13,15H,7-12,17H2,1H3. The van der Waals surface area contributed by atoms with Crippen LogP contribution in [0.15, 0.2) is 36.5 Å². The van der Waals surface area contributed by atoms with Crippen LogP contribution in [0.2, 0.25) is 0 Å².